The number of carbonyl (C=O) groups excluding carboxylic acids is 1. The highest BCUT2D eigenvalue weighted by atomic mass is 19.1. The molecular weight excluding hydrogens is 369 g/mol. The highest BCUT2D eigenvalue weighted by Gasteiger charge is 2.17. The van der Waals surface area contributed by atoms with Crippen LogP contribution >= 0.6 is 0 Å². The molecule has 29 heavy (non-hydrogen) atoms. The minimum Gasteiger partial charge on any atom is -0.465 e. The van der Waals surface area contributed by atoms with Crippen LogP contribution in [0.4, 0.5) is 4.39 Å². The fourth-order valence-corrected chi connectivity index (χ4v) is 3.46. The Kier molecular flexibility index (Phi) is 5.33. The normalized spacial score (nSPS) is 11.0. The molecule has 4 aromatic rings. The number of pyridine rings is 1. The molecule has 0 unspecified atom stereocenters. The highest BCUT2D eigenvalue weighted by molar-refractivity contribution is 5.91. The first kappa shape index (κ1) is 18.8. The Morgan fingerprint density at radius 2 is 1.97 bits per heavy atom. The monoisotopic (exact) mass is 389 g/mol. The second kappa shape index (κ2) is 8.22. The van der Waals surface area contributed by atoms with Gasteiger partial charge in [-0.15, -0.1) is 0 Å². The van der Waals surface area contributed by atoms with Gasteiger partial charge in [-0.2, -0.15) is 5.10 Å². The highest BCUT2D eigenvalue weighted by Crippen LogP contribution is 2.24. The minimum absolute atomic E-state index is 0.319. The van der Waals surface area contributed by atoms with Crippen LogP contribution in [0.3, 0.4) is 0 Å². The smallest absolute Gasteiger partial charge is 0.338 e. The fourth-order valence-electron chi connectivity index (χ4n) is 3.46. The molecule has 0 amide bonds. The third-order valence-corrected chi connectivity index (χ3v) is 4.91. The Balaban J connectivity index is 1.70. The quantitative estimate of drug-likeness (QED) is 0.464. The first-order chi connectivity index (χ1) is 14.2. The summed E-state index contributed by atoms with van der Waals surface area (Å²) in [5.41, 5.74) is 3.90. The van der Waals surface area contributed by atoms with Crippen LogP contribution in [0.5, 0.6) is 0 Å². The molecule has 0 radical (unpaired) electrons. The van der Waals surface area contributed by atoms with Gasteiger partial charge < -0.3 is 4.74 Å². The Bertz CT molecular complexity index is 1160. The Labute approximate surface area is 167 Å². The van der Waals surface area contributed by atoms with E-state index in [-0.39, 0.29) is 5.82 Å². The van der Waals surface area contributed by atoms with E-state index in [0.717, 1.165) is 17.3 Å². The van der Waals surface area contributed by atoms with Crippen molar-refractivity contribution in [2.24, 2.45) is 0 Å². The molecule has 0 fully saturated rings. The molecule has 5 nitrogen and oxygen atoms in total. The molecule has 0 atom stereocenters. The summed E-state index contributed by atoms with van der Waals surface area (Å²) in [6.45, 7) is 0.670. The molecule has 0 N–H and O–H groups in total. The molecule has 0 bridgehead atoms. The Morgan fingerprint density at radius 3 is 2.76 bits per heavy atom. The zero-order chi connectivity index (χ0) is 20.2. The molecule has 4 rings (SSSR count). The molecule has 0 saturated heterocycles. The molecule has 6 heteroatoms. The predicted octanol–water partition coefficient (Wildman–Crippen LogP) is 4.19. The van der Waals surface area contributed by atoms with Crippen LogP contribution in [0.1, 0.15) is 27.2 Å². The lowest BCUT2D eigenvalue weighted by Crippen LogP contribution is -2.07. The maximum absolute atomic E-state index is 14.0. The lowest BCUT2D eigenvalue weighted by Gasteiger charge is -2.06. The van der Waals surface area contributed by atoms with Crippen LogP contribution < -0.4 is 0 Å². The summed E-state index contributed by atoms with van der Waals surface area (Å²) in [5, 5.41) is 5.47. The molecule has 0 saturated carbocycles. The summed E-state index contributed by atoms with van der Waals surface area (Å²) in [5.74, 6) is -0.748. The van der Waals surface area contributed by atoms with Gasteiger partial charge in [-0.05, 0) is 41.8 Å². The average molecular weight is 389 g/mol. The molecule has 2 aromatic heterocycles. The van der Waals surface area contributed by atoms with Crippen LogP contribution in [0.2, 0.25) is 0 Å². The van der Waals surface area contributed by atoms with Gasteiger partial charge in [0, 0.05) is 30.7 Å². The number of hydrogen-bond donors (Lipinski definition) is 0. The number of fused-ring (bicyclic) bond motifs is 1. The molecule has 0 spiro atoms. The van der Waals surface area contributed by atoms with E-state index in [2.05, 4.69) is 17.1 Å². The SMILES string of the molecule is COC(=O)c1ccncc1Cc1nn(CCc2ccccc2)c2ccc(F)cc12. The first-order valence-electron chi connectivity index (χ1n) is 9.36. The zero-order valence-electron chi connectivity index (χ0n) is 16.0. The lowest BCUT2D eigenvalue weighted by molar-refractivity contribution is 0.0599. The number of hydrogen-bond acceptors (Lipinski definition) is 4. The summed E-state index contributed by atoms with van der Waals surface area (Å²) in [7, 11) is 1.34. The number of carbonyl (C=O) groups is 1. The summed E-state index contributed by atoms with van der Waals surface area (Å²) in [6.07, 6.45) is 4.34. The van der Waals surface area contributed by atoms with E-state index >= 15 is 0 Å². The van der Waals surface area contributed by atoms with Crippen LogP contribution in [0.25, 0.3) is 10.9 Å². The van der Waals surface area contributed by atoms with Crippen LogP contribution in [-0.4, -0.2) is 27.8 Å². The van der Waals surface area contributed by atoms with E-state index in [0.29, 0.717) is 29.8 Å². The Morgan fingerprint density at radius 1 is 1.14 bits per heavy atom. The van der Waals surface area contributed by atoms with E-state index in [9.17, 15) is 9.18 Å². The van der Waals surface area contributed by atoms with Gasteiger partial charge in [-0.25, -0.2) is 9.18 Å². The summed E-state index contributed by atoms with van der Waals surface area (Å²) >= 11 is 0. The lowest BCUT2D eigenvalue weighted by atomic mass is 10.0. The van der Waals surface area contributed by atoms with Gasteiger partial charge in [-0.1, -0.05) is 30.3 Å². The van der Waals surface area contributed by atoms with E-state index in [4.69, 9.17) is 9.84 Å². The van der Waals surface area contributed by atoms with Crippen molar-refractivity contribution in [3.8, 4) is 0 Å². The van der Waals surface area contributed by atoms with Gasteiger partial charge in [0.25, 0.3) is 0 Å². The number of aryl methyl sites for hydroxylation is 2. The topological polar surface area (TPSA) is 57.0 Å². The molecule has 2 aromatic carbocycles. The number of ether oxygens (including phenoxy) is 1. The predicted molar refractivity (Wildman–Crippen MR) is 108 cm³/mol. The van der Waals surface area contributed by atoms with Crippen LogP contribution in [-0.2, 0) is 24.1 Å². The maximum atomic E-state index is 14.0. The largest absolute Gasteiger partial charge is 0.465 e. The van der Waals surface area contributed by atoms with Crippen LogP contribution in [0.15, 0.2) is 67.0 Å². The number of aromatic nitrogens is 3. The molecule has 0 aliphatic heterocycles. The van der Waals surface area contributed by atoms with Crippen molar-refractivity contribution in [1.29, 1.82) is 0 Å². The third kappa shape index (κ3) is 4.01. The zero-order valence-corrected chi connectivity index (χ0v) is 16.0. The van der Waals surface area contributed by atoms with E-state index < -0.39 is 5.97 Å². The van der Waals surface area contributed by atoms with Gasteiger partial charge in [0.15, 0.2) is 0 Å². The summed E-state index contributed by atoms with van der Waals surface area (Å²) < 4.78 is 20.7. The van der Waals surface area contributed by atoms with Gasteiger partial charge in [0.1, 0.15) is 5.82 Å². The van der Waals surface area contributed by atoms with Crippen molar-refractivity contribution in [2.45, 2.75) is 19.4 Å². The third-order valence-electron chi connectivity index (χ3n) is 4.91. The van der Waals surface area contributed by atoms with Crippen molar-refractivity contribution >= 4 is 16.9 Å². The first-order valence-corrected chi connectivity index (χ1v) is 9.36. The molecule has 146 valence electrons. The van der Waals surface area contributed by atoms with Gasteiger partial charge in [0.05, 0.1) is 23.9 Å². The van der Waals surface area contributed by atoms with Crippen molar-refractivity contribution in [3.05, 3.63) is 95.2 Å². The molecule has 0 aliphatic rings. The van der Waals surface area contributed by atoms with Crippen molar-refractivity contribution in [1.82, 2.24) is 14.8 Å². The van der Waals surface area contributed by atoms with Crippen molar-refractivity contribution in [2.75, 3.05) is 7.11 Å². The van der Waals surface area contributed by atoms with Gasteiger partial charge >= 0.3 is 5.97 Å². The maximum Gasteiger partial charge on any atom is 0.338 e. The number of benzene rings is 2. The van der Waals surface area contributed by atoms with Crippen LogP contribution in [0, 0.1) is 5.82 Å². The molecule has 0 aliphatic carbocycles. The number of rotatable bonds is 6. The standard InChI is InChI=1S/C23H20FN3O2/c1-29-23(28)19-9-11-25-15-17(19)13-21-20-14-18(24)7-8-22(20)27(26-21)12-10-16-5-3-2-4-6-16/h2-9,11,14-15H,10,12-13H2,1H3. The summed E-state index contributed by atoms with van der Waals surface area (Å²) in [4.78, 5) is 16.2. The van der Waals surface area contributed by atoms with Gasteiger partial charge in [0.2, 0.25) is 0 Å². The second-order valence-electron chi connectivity index (χ2n) is 6.77. The number of esters is 1. The number of halogens is 1. The average Bonchev–Trinajstić information content (AvgIpc) is 3.09. The number of methoxy groups -OCH3 is 1. The summed E-state index contributed by atoms with van der Waals surface area (Å²) in [6, 6.07) is 16.5. The number of nitrogens with zero attached hydrogens (tertiary/aromatic N) is 3. The Hall–Kier alpha value is -3.54. The van der Waals surface area contributed by atoms with Crippen molar-refractivity contribution < 1.29 is 13.9 Å². The molecular formula is C23H20FN3O2. The minimum atomic E-state index is -0.429. The van der Waals surface area contributed by atoms with E-state index in [1.165, 1.54) is 24.8 Å². The fraction of sp³-hybridized carbons (Fsp3) is 0.174. The van der Waals surface area contributed by atoms with Crippen molar-refractivity contribution in [3.63, 3.8) is 0 Å². The second-order valence-corrected chi connectivity index (χ2v) is 6.77. The van der Waals surface area contributed by atoms with Gasteiger partial charge in [-0.3, -0.25) is 9.67 Å². The molecule has 2 heterocycles. The van der Waals surface area contributed by atoms with E-state index in [1.54, 1.807) is 24.5 Å². The van der Waals surface area contributed by atoms with E-state index in [1.807, 2.05) is 22.9 Å².